The van der Waals surface area contributed by atoms with Crippen LogP contribution in [0.4, 0.5) is 5.69 Å². The number of carbonyl (C=O) groups is 1. The van der Waals surface area contributed by atoms with Crippen molar-refractivity contribution in [3.63, 3.8) is 0 Å². The molecule has 1 amide bonds. The summed E-state index contributed by atoms with van der Waals surface area (Å²) in [5, 5.41) is 12.5. The molecule has 0 radical (unpaired) electrons. The fraction of sp³-hybridized carbons (Fsp3) is 0.619. The van der Waals surface area contributed by atoms with Crippen molar-refractivity contribution < 1.29 is 17.9 Å². The Hall–Kier alpha value is -2.02. The molecule has 2 fully saturated rings. The maximum Gasteiger partial charge on any atom is 0.243 e. The first-order valence-electron chi connectivity index (χ1n) is 11.5. The maximum atomic E-state index is 13.1. The summed E-state index contributed by atoms with van der Waals surface area (Å²) >= 11 is 1.32. The van der Waals surface area contributed by atoms with Gasteiger partial charge in [-0.25, -0.2) is 13.1 Å². The van der Waals surface area contributed by atoms with Crippen molar-refractivity contribution in [1.82, 2.24) is 24.5 Å². The minimum atomic E-state index is -3.47. The number of aromatic nitrogens is 4. The fourth-order valence-corrected chi connectivity index (χ4v) is 7.00. The number of tetrazole rings is 1. The molecular weight excluding hydrogens is 464 g/mol. The van der Waals surface area contributed by atoms with Crippen LogP contribution in [-0.2, 0) is 32.5 Å². The zero-order chi connectivity index (χ0) is 22.8. The number of ether oxygens (including phenoxy) is 1. The summed E-state index contributed by atoms with van der Waals surface area (Å²) in [6.45, 7) is 3.13. The van der Waals surface area contributed by atoms with Gasteiger partial charge in [0.1, 0.15) is 0 Å². The molecule has 0 spiro atoms. The van der Waals surface area contributed by atoms with Crippen LogP contribution >= 0.6 is 11.8 Å². The minimum absolute atomic E-state index is 0.0391. The van der Waals surface area contributed by atoms with Crippen LogP contribution in [0.5, 0.6) is 0 Å². The number of carbonyl (C=O) groups excluding carboxylic acids is 1. The minimum Gasteiger partial charge on any atom is -0.376 e. The van der Waals surface area contributed by atoms with E-state index < -0.39 is 10.0 Å². The van der Waals surface area contributed by atoms with Crippen LogP contribution in [0, 0.1) is 0 Å². The first-order valence-corrected chi connectivity index (χ1v) is 13.9. The van der Waals surface area contributed by atoms with Crippen molar-refractivity contribution >= 4 is 33.4 Å². The zero-order valence-corrected chi connectivity index (χ0v) is 20.1. The molecule has 0 saturated carbocycles. The lowest BCUT2D eigenvalue weighted by atomic mass is 10.0. The molecule has 10 nitrogen and oxygen atoms in total. The topological polar surface area (TPSA) is 111 Å². The molecule has 12 heteroatoms. The van der Waals surface area contributed by atoms with Crippen LogP contribution < -0.4 is 4.90 Å². The second-order valence-electron chi connectivity index (χ2n) is 8.62. The molecule has 2 saturated heterocycles. The second kappa shape index (κ2) is 9.69. The summed E-state index contributed by atoms with van der Waals surface area (Å²) in [7, 11) is -3.47. The van der Waals surface area contributed by atoms with Crippen LogP contribution in [0.1, 0.15) is 37.7 Å². The zero-order valence-electron chi connectivity index (χ0n) is 18.4. The van der Waals surface area contributed by atoms with Crippen molar-refractivity contribution in [3.05, 3.63) is 23.8 Å². The van der Waals surface area contributed by atoms with Crippen molar-refractivity contribution in [2.75, 3.05) is 36.9 Å². The van der Waals surface area contributed by atoms with Gasteiger partial charge in [0.25, 0.3) is 0 Å². The molecule has 0 unspecified atom stereocenters. The van der Waals surface area contributed by atoms with Gasteiger partial charge >= 0.3 is 0 Å². The van der Waals surface area contributed by atoms with Gasteiger partial charge in [0, 0.05) is 31.9 Å². The van der Waals surface area contributed by atoms with Crippen molar-refractivity contribution in [2.24, 2.45) is 0 Å². The molecule has 1 atom stereocenters. The van der Waals surface area contributed by atoms with E-state index in [2.05, 4.69) is 15.5 Å². The number of nitrogens with zero attached hydrogens (tertiary/aromatic N) is 6. The van der Waals surface area contributed by atoms with Crippen LogP contribution in [0.3, 0.4) is 0 Å². The second-order valence-corrected chi connectivity index (χ2v) is 11.5. The summed E-state index contributed by atoms with van der Waals surface area (Å²) < 4.78 is 34.8. The van der Waals surface area contributed by atoms with E-state index in [-0.39, 0.29) is 17.8 Å². The smallest absolute Gasteiger partial charge is 0.243 e. The monoisotopic (exact) mass is 492 g/mol. The standard InChI is InChI=1S/C21H28N6O4S2/c28-20(15-32-21-22-23-24-27(21)14-17-6-4-12-31-17)26-11-3-5-16-13-18(7-8-19(16)26)33(29,30)25-9-1-2-10-25/h7-8,13,17H,1-6,9-12,14-15H2/t17-/m0/s1. The van der Waals surface area contributed by atoms with Gasteiger partial charge in [0.15, 0.2) is 0 Å². The van der Waals surface area contributed by atoms with Gasteiger partial charge in [-0.05, 0) is 72.7 Å². The first kappa shape index (κ1) is 22.8. The Labute approximate surface area is 197 Å². The molecule has 3 aliphatic heterocycles. The van der Waals surface area contributed by atoms with E-state index in [1.54, 1.807) is 32.1 Å². The van der Waals surface area contributed by atoms with Gasteiger partial charge in [-0.15, -0.1) is 5.10 Å². The lowest BCUT2D eigenvalue weighted by Crippen LogP contribution is -2.37. The fourth-order valence-electron chi connectivity index (χ4n) is 4.67. The van der Waals surface area contributed by atoms with E-state index in [9.17, 15) is 13.2 Å². The molecule has 0 bridgehead atoms. The van der Waals surface area contributed by atoms with E-state index in [1.807, 2.05) is 0 Å². The third-order valence-electron chi connectivity index (χ3n) is 6.40. The predicted molar refractivity (Wildman–Crippen MR) is 123 cm³/mol. The lowest BCUT2D eigenvalue weighted by molar-refractivity contribution is -0.116. The molecule has 1 aromatic heterocycles. The number of benzene rings is 1. The Balaban J connectivity index is 1.27. The molecule has 178 valence electrons. The molecular formula is C21H28N6O4S2. The number of rotatable bonds is 7. The quantitative estimate of drug-likeness (QED) is 0.537. The molecule has 0 N–H and O–H groups in total. The summed E-state index contributed by atoms with van der Waals surface area (Å²) in [6, 6.07) is 5.16. The molecule has 5 rings (SSSR count). The Morgan fingerprint density at radius 3 is 2.79 bits per heavy atom. The number of sulfonamides is 1. The molecule has 0 aliphatic carbocycles. The number of anilines is 1. The number of aryl methyl sites for hydroxylation is 1. The van der Waals surface area contributed by atoms with E-state index in [1.165, 1.54) is 11.8 Å². The maximum absolute atomic E-state index is 13.1. The highest BCUT2D eigenvalue weighted by Crippen LogP contribution is 2.32. The first-order chi connectivity index (χ1) is 16.0. The number of hydrogen-bond donors (Lipinski definition) is 0. The van der Waals surface area contributed by atoms with Gasteiger partial charge in [-0.2, -0.15) is 4.31 Å². The third kappa shape index (κ3) is 4.79. The molecule has 1 aromatic carbocycles. The van der Waals surface area contributed by atoms with Crippen molar-refractivity contribution in [2.45, 2.75) is 61.2 Å². The number of hydrogen-bond acceptors (Lipinski definition) is 8. The van der Waals surface area contributed by atoms with Crippen LogP contribution in [0.15, 0.2) is 28.3 Å². The average Bonchev–Trinajstić information content (AvgIpc) is 3.60. The van der Waals surface area contributed by atoms with Crippen molar-refractivity contribution in [1.29, 1.82) is 0 Å². The van der Waals surface area contributed by atoms with Crippen LogP contribution in [0.2, 0.25) is 0 Å². The molecule has 2 aromatic rings. The summed E-state index contributed by atoms with van der Waals surface area (Å²) in [6.07, 6.45) is 5.51. The number of fused-ring (bicyclic) bond motifs is 1. The molecule has 33 heavy (non-hydrogen) atoms. The third-order valence-corrected chi connectivity index (χ3v) is 9.23. The number of thioether (sulfide) groups is 1. The Kier molecular flexibility index (Phi) is 6.68. The Morgan fingerprint density at radius 1 is 1.15 bits per heavy atom. The van der Waals surface area contributed by atoms with Gasteiger partial charge in [-0.1, -0.05) is 11.8 Å². The van der Waals surface area contributed by atoms with E-state index in [0.717, 1.165) is 56.4 Å². The average molecular weight is 493 g/mol. The SMILES string of the molecule is O=C(CSc1nnnn1C[C@@H]1CCCO1)N1CCCc2cc(S(=O)(=O)N3CCCC3)ccc21. The van der Waals surface area contributed by atoms with E-state index >= 15 is 0 Å². The molecule has 3 aliphatic rings. The highest BCUT2D eigenvalue weighted by atomic mass is 32.2. The van der Waals surface area contributed by atoms with Crippen LogP contribution in [0.25, 0.3) is 0 Å². The van der Waals surface area contributed by atoms with Crippen molar-refractivity contribution in [3.8, 4) is 0 Å². The van der Waals surface area contributed by atoms with Gasteiger partial charge in [0.2, 0.25) is 21.1 Å². The predicted octanol–water partition coefficient (Wildman–Crippen LogP) is 1.71. The highest BCUT2D eigenvalue weighted by molar-refractivity contribution is 7.99. The lowest BCUT2D eigenvalue weighted by Gasteiger charge is -2.30. The van der Waals surface area contributed by atoms with Gasteiger partial charge in [-0.3, -0.25) is 4.79 Å². The van der Waals surface area contributed by atoms with E-state index in [0.29, 0.717) is 36.2 Å². The molecule has 4 heterocycles. The Bertz CT molecular complexity index is 1110. The normalized spacial score (nSPS) is 21.5. The number of amides is 1. The van der Waals surface area contributed by atoms with Gasteiger partial charge < -0.3 is 9.64 Å². The Morgan fingerprint density at radius 2 is 2.00 bits per heavy atom. The van der Waals surface area contributed by atoms with Crippen LogP contribution in [-0.4, -0.2) is 76.9 Å². The highest BCUT2D eigenvalue weighted by Gasteiger charge is 2.30. The summed E-state index contributed by atoms with van der Waals surface area (Å²) in [5.41, 5.74) is 1.70. The van der Waals surface area contributed by atoms with Gasteiger partial charge in [0.05, 0.1) is 23.3 Å². The summed E-state index contributed by atoms with van der Waals surface area (Å²) in [5.74, 6) is 0.168. The largest absolute Gasteiger partial charge is 0.376 e. The van der Waals surface area contributed by atoms with E-state index in [4.69, 9.17) is 4.74 Å². The summed E-state index contributed by atoms with van der Waals surface area (Å²) in [4.78, 5) is 15.2.